The standard InChI is InChI=1S/C18H26ClNO2/c19-15-8-6-14(7-9-15)18(22)12-20-11-16(21)10-17(20)13-4-2-1-3-5-13/h6-9,13,16-18,21-22H,1-5,10-12H2/t16-,17-,18-/m0/s1. The quantitative estimate of drug-likeness (QED) is 0.892. The van der Waals surface area contributed by atoms with Crippen LogP contribution in [0.5, 0.6) is 0 Å². The Balaban J connectivity index is 1.65. The summed E-state index contributed by atoms with van der Waals surface area (Å²) >= 11 is 5.91. The number of aliphatic hydroxyl groups is 2. The summed E-state index contributed by atoms with van der Waals surface area (Å²) in [4.78, 5) is 2.31. The van der Waals surface area contributed by atoms with Gasteiger partial charge in [0.25, 0.3) is 0 Å². The first-order chi connectivity index (χ1) is 10.6. The molecule has 3 atom stereocenters. The molecule has 2 aliphatic rings. The number of likely N-dealkylation sites (tertiary alicyclic amines) is 1. The SMILES string of the molecule is O[C@H]1C[C@@H](C2CCCCC2)N(C[C@H](O)c2ccc(Cl)cc2)C1. The summed E-state index contributed by atoms with van der Waals surface area (Å²) in [6.45, 7) is 1.28. The van der Waals surface area contributed by atoms with Crippen molar-refractivity contribution in [3.63, 3.8) is 0 Å². The second-order valence-corrected chi connectivity index (χ2v) is 7.31. The van der Waals surface area contributed by atoms with Crippen molar-refractivity contribution in [2.24, 2.45) is 5.92 Å². The molecule has 2 N–H and O–H groups in total. The van der Waals surface area contributed by atoms with E-state index in [-0.39, 0.29) is 6.10 Å². The zero-order valence-corrected chi connectivity index (χ0v) is 13.8. The Kier molecular flexibility index (Phi) is 5.40. The van der Waals surface area contributed by atoms with Crippen molar-refractivity contribution in [3.05, 3.63) is 34.9 Å². The fourth-order valence-corrected chi connectivity index (χ4v) is 4.27. The number of hydrogen-bond acceptors (Lipinski definition) is 3. The maximum absolute atomic E-state index is 10.5. The topological polar surface area (TPSA) is 43.7 Å². The Hall–Kier alpha value is -0.610. The molecule has 1 aromatic rings. The van der Waals surface area contributed by atoms with Crippen LogP contribution in [0.4, 0.5) is 0 Å². The van der Waals surface area contributed by atoms with Crippen molar-refractivity contribution in [1.82, 2.24) is 4.90 Å². The van der Waals surface area contributed by atoms with E-state index in [9.17, 15) is 10.2 Å². The summed E-state index contributed by atoms with van der Waals surface area (Å²) in [5.74, 6) is 0.684. The molecule has 3 rings (SSSR count). The number of halogens is 1. The second-order valence-electron chi connectivity index (χ2n) is 6.88. The van der Waals surface area contributed by atoms with Gasteiger partial charge in [-0.05, 0) is 42.9 Å². The van der Waals surface area contributed by atoms with Crippen LogP contribution in [0.1, 0.15) is 50.2 Å². The monoisotopic (exact) mass is 323 g/mol. The van der Waals surface area contributed by atoms with Crippen LogP contribution >= 0.6 is 11.6 Å². The third kappa shape index (κ3) is 3.83. The Morgan fingerprint density at radius 2 is 1.82 bits per heavy atom. The predicted octanol–water partition coefficient (Wildman–Crippen LogP) is 3.39. The average Bonchev–Trinajstić information content (AvgIpc) is 2.89. The zero-order valence-electron chi connectivity index (χ0n) is 13.0. The van der Waals surface area contributed by atoms with Crippen LogP contribution < -0.4 is 0 Å². The van der Waals surface area contributed by atoms with Gasteiger partial charge in [0.05, 0.1) is 12.2 Å². The lowest BCUT2D eigenvalue weighted by molar-refractivity contribution is 0.0773. The Morgan fingerprint density at radius 1 is 1.14 bits per heavy atom. The zero-order chi connectivity index (χ0) is 15.5. The Bertz CT molecular complexity index is 472. The van der Waals surface area contributed by atoms with Crippen LogP contribution in [0, 0.1) is 5.92 Å². The maximum atomic E-state index is 10.5. The van der Waals surface area contributed by atoms with Gasteiger partial charge < -0.3 is 10.2 Å². The summed E-state index contributed by atoms with van der Waals surface area (Å²) < 4.78 is 0. The molecule has 0 unspecified atom stereocenters. The number of β-amino-alcohol motifs (C(OH)–C–C–N with tert-alkyl or cyclic N) is 2. The predicted molar refractivity (Wildman–Crippen MR) is 89.0 cm³/mol. The third-order valence-electron chi connectivity index (χ3n) is 5.28. The average molecular weight is 324 g/mol. The normalized spacial score (nSPS) is 28.9. The van der Waals surface area contributed by atoms with Crippen molar-refractivity contribution < 1.29 is 10.2 Å². The highest BCUT2D eigenvalue weighted by molar-refractivity contribution is 6.30. The van der Waals surface area contributed by atoms with E-state index in [1.165, 1.54) is 32.1 Å². The molecule has 1 heterocycles. The minimum absolute atomic E-state index is 0.246. The van der Waals surface area contributed by atoms with E-state index in [0.29, 0.717) is 30.1 Å². The summed E-state index contributed by atoms with van der Waals surface area (Å²) in [5.41, 5.74) is 0.896. The third-order valence-corrected chi connectivity index (χ3v) is 5.54. The minimum atomic E-state index is -0.520. The van der Waals surface area contributed by atoms with Crippen molar-refractivity contribution >= 4 is 11.6 Å². The molecule has 2 fully saturated rings. The molecule has 22 heavy (non-hydrogen) atoms. The molecule has 0 radical (unpaired) electrons. The van der Waals surface area contributed by atoms with Gasteiger partial charge in [0.2, 0.25) is 0 Å². The molecule has 0 spiro atoms. The molecule has 1 saturated heterocycles. The molecule has 3 nitrogen and oxygen atoms in total. The molecule has 0 aromatic heterocycles. The summed E-state index contributed by atoms with van der Waals surface area (Å²) in [6.07, 6.45) is 6.60. The largest absolute Gasteiger partial charge is 0.392 e. The van der Waals surface area contributed by atoms with E-state index < -0.39 is 6.10 Å². The van der Waals surface area contributed by atoms with Gasteiger partial charge >= 0.3 is 0 Å². The molecule has 4 heteroatoms. The van der Waals surface area contributed by atoms with Gasteiger partial charge in [-0.2, -0.15) is 0 Å². The highest BCUT2D eigenvalue weighted by Gasteiger charge is 2.37. The lowest BCUT2D eigenvalue weighted by Crippen LogP contribution is -2.39. The smallest absolute Gasteiger partial charge is 0.0917 e. The molecule has 122 valence electrons. The summed E-state index contributed by atoms with van der Waals surface area (Å²) in [7, 11) is 0. The number of rotatable bonds is 4. The van der Waals surface area contributed by atoms with Crippen LogP contribution in [0.2, 0.25) is 5.02 Å². The molecule has 1 aliphatic heterocycles. The van der Waals surface area contributed by atoms with Crippen molar-refractivity contribution in [2.75, 3.05) is 13.1 Å². The van der Waals surface area contributed by atoms with Gasteiger partial charge in [0, 0.05) is 24.2 Å². The minimum Gasteiger partial charge on any atom is -0.392 e. The van der Waals surface area contributed by atoms with Crippen molar-refractivity contribution in [1.29, 1.82) is 0 Å². The lowest BCUT2D eigenvalue weighted by Gasteiger charge is -2.34. The van der Waals surface area contributed by atoms with Crippen LogP contribution in [0.15, 0.2) is 24.3 Å². The van der Waals surface area contributed by atoms with Crippen molar-refractivity contribution in [2.45, 2.75) is 56.8 Å². The maximum Gasteiger partial charge on any atom is 0.0917 e. The Morgan fingerprint density at radius 3 is 2.50 bits per heavy atom. The fraction of sp³-hybridized carbons (Fsp3) is 0.667. The highest BCUT2D eigenvalue weighted by Crippen LogP contribution is 2.35. The molecule has 0 bridgehead atoms. The first-order valence-corrected chi connectivity index (χ1v) is 8.87. The van der Waals surface area contributed by atoms with E-state index in [1.54, 1.807) is 0 Å². The van der Waals surface area contributed by atoms with E-state index in [2.05, 4.69) is 4.90 Å². The molecule has 1 aromatic carbocycles. The van der Waals surface area contributed by atoms with Crippen LogP contribution in [0.25, 0.3) is 0 Å². The number of hydrogen-bond donors (Lipinski definition) is 2. The van der Waals surface area contributed by atoms with Crippen LogP contribution in [-0.4, -0.2) is 40.3 Å². The molecular formula is C18H26ClNO2. The van der Waals surface area contributed by atoms with Gasteiger partial charge in [-0.3, -0.25) is 4.90 Å². The van der Waals surface area contributed by atoms with E-state index >= 15 is 0 Å². The second kappa shape index (κ2) is 7.31. The lowest BCUT2D eigenvalue weighted by atomic mass is 9.82. The fourth-order valence-electron chi connectivity index (χ4n) is 4.14. The molecular weight excluding hydrogens is 298 g/mol. The van der Waals surface area contributed by atoms with Gasteiger partial charge in [0.1, 0.15) is 0 Å². The van der Waals surface area contributed by atoms with Gasteiger partial charge in [-0.15, -0.1) is 0 Å². The summed E-state index contributed by atoms with van der Waals surface area (Å²) in [6, 6.07) is 7.83. The first kappa shape index (κ1) is 16.3. The van der Waals surface area contributed by atoms with Gasteiger partial charge in [-0.1, -0.05) is 43.0 Å². The van der Waals surface area contributed by atoms with E-state index in [1.807, 2.05) is 24.3 Å². The number of nitrogens with zero attached hydrogens (tertiary/aromatic N) is 1. The highest BCUT2D eigenvalue weighted by atomic mass is 35.5. The summed E-state index contributed by atoms with van der Waals surface area (Å²) in [5, 5.41) is 21.3. The first-order valence-electron chi connectivity index (χ1n) is 8.49. The molecule has 1 aliphatic carbocycles. The number of aliphatic hydroxyl groups excluding tert-OH is 2. The molecule has 0 amide bonds. The van der Waals surface area contributed by atoms with Crippen molar-refractivity contribution in [3.8, 4) is 0 Å². The van der Waals surface area contributed by atoms with Crippen LogP contribution in [0.3, 0.4) is 0 Å². The number of benzene rings is 1. The van der Waals surface area contributed by atoms with E-state index in [0.717, 1.165) is 12.0 Å². The van der Waals surface area contributed by atoms with E-state index in [4.69, 9.17) is 11.6 Å². The Labute approximate surface area is 137 Å². The van der Waals surface area contributed by atoms with Gasteiger partial charge in [0.15, 0.2) is 0 Å². The molecule has 1 saturated carbocycles. The van der Waals surface area contributed by atoms with Gasteiger partial charge in [-0.25, -0.2) is 0 Å². The van der Waals surface area contributed by atoms with Crippen LogP contribution in [-0.2, 0) is 0 Å².